The van der Waals surface area contributed by atoms with Crippen LogP contribution in [0.3, 0.4) is 0 Å². The minimum atomic E-state index is -0.356. The normalized spacial score (nSPS) is 10.9. The molecule has 1 aromatic carbocycles. The van der Waals surface area contributed by atoms with E-state index in [1.165, 1.54) is 11.7 Å². The number of fused-ring (bicyclic) bond motifs is 1. The van der Waals surface area contributed by atoms with Crippen molar-refractivity contribution in [3.8, 4) is 0 Å². The van der Waals surface area contributed by atoms with Crippen molar-refractivity contribution in [2.45, 2.75) is 33.2 Å². The number of carbonyl (C=O) groups is 1. The van der Waals surface area contributed by atoms with E-state index in [0.717, 1.165) is 27.9 Å². The minimum absolute atomic E-state index is 0.0449. The Morgan fingerprint density at radius 3 is 2.83 bits per heavy atom. The number of H-pyrrole nitrogens is 1. The highest BCUT2D eigenvalue weighted by Crippen LogP contribution is 2.13. The van der Waals surface area contributed by atoms with Crippen LogP contribution in [0.25, 0.3) is 11.0 Å². The second-order valence-corrected chi connectivity index (χ2v) is 6.12. The van der Waals surface area contributed by atoms with Gasteiger partial charge < -0.3 is 10.3 Å². The summed E-state index contributed by atoms with van der Waals surface area (Å²) in [6.45, 7) is 4.06. The molecule has 0 spiro atoms. The Kier molecular flexibility index (Phi) is 4.66. The van der Waals surface area contributed by atoms with Crippen LogP contribution in [0.4, 0.5) is 0 Å². The first-order valence-electron chi connectivity index (χ1n) is 7.57. The molecule has 24 heavy (non-hydrogen) atoms. The lowest BCUT2D eigenvalue weighted by Crippen LogP contribution is -2.24. The van der Waals surface area contributed by atoms with Gasteiger partial charge in [0.25, 0.3) is 0 Å². The highest BCUT2D eigenvalue weighted by molar-refractivity contribution is 7.00. The van der Waals surface area contributed by atoms with Crippen LogP contribution in [0.2, 0.25) is 0 Å². The fourth-order valence-corrected chi connectivity index (χ4v) is 3.11. The Morgan fingerprint density at radius 2 is 2.04 bits per heavy atom. The number of hydrogen-bond donors (Lipinski definition) is 2. The molecule has 2 heterocycles. The van der Waals surface area contributed by atoms with Crippen molar-refractivity contribution in [2.24, 2.45) is 0 Å². The zero-order chi connectivity index (χ0) is 17.1. The zero-order valence-corrected chi connectivity index (χ0v) is 14.2. The van der Waals surface area contributed by atoms with Gasteiger partial charge in [0.15, 0.2) is 0 Å². The third-order valence-corrected chi connectivity index (χ3v) is 4.42. The molecule has 8 heteroatoms. The Labute approximate surface area is 142 Å². The summed E-state index contributed by atoms with van der Waals surface area (Å²) in [5.74, 6) is -0.0449. The van der Waals surface area contributed by atoms with Crippen LogP contribution in [0.15, 0.2) is 23.0 Å². The van der Waals surface area contributed by atoms with Crippen LogP contribution < -0.4 is 11.0 Å². The molecular formula is C16H17N5O2S. The summed E-state index contributed by atoms with van der Waals surface area (Å²) < 4.78 is 8.34. The van der Waals surface area contributed by atoms with Gasteiger partial charge in [-0.25, -0.2) is 4.79 Å². The monoisotopic (exact) mass is 343 g/mol. The van der Waals surface area contributed by atoms with E-state index in [1.54, 1.807) is 6.92 Å². The van der Waals surface area contributed by atoms with Gasteiger partial charge in [-0.1, -0.05) is 6.07 Å². The quantitative estimate of drug-likeness (QED) is 0.733. The van der Waals surface area contributed by atoms with Gasteiger partial charge in [-0.3, -0.25) is 4.79 Å². The maximum atomic E-state index is 12.1. The first kappa shape index (κ1) is 16.3. The number of hydrogen-bond acceptors (Lipinski definition) is 6. The molecule has 3 aromatic rings. The number of nitrogens with zero attached hydrogens (tertiary/aromatic N) is 3. The predicted molar refractivity (Wildman–Crippen MR) is 91.9 cm³/mol. The van der Waals surface area contributed by atoms with E-state index >= 15 is 0 Å². The lowest BCUT2D eigenvalue weighted by Gasteiger charge is -2.09. The highest BCUT2D eigenvalue weighted by atomic mass is 32.1. The van der Waals surface area contributed by atoms with E-state index < -0.39 is 0 Å². The third-order valence-electron chi connectivity index (χ3n) is 3.86. The van der Waals surface area contributed by atoms with E-state index in [9.17, 15) is 9.59 Å². The molecule has 0 saturated carbocycles. The van der Waals surface area contributed by atoms with Crippen molar-refractivity contribution in [2.75, 3.05) is 0 Å². The molecule has 0 radical (unpaired) electrons. The Hall–Kier alpha value is -2.61. The fourth-order valence-electron chi connectivity index (χ4n) is 2.59. The summed E-state index contributed by atoms with van der Waals surface area (Å²) in [7, 11) is 0. The summed E-state index contributed by atoms with van der Waals surface area (Å²) in [6.07, 6.45) is 0.887. The zero-order valence-electron chi connectivity index (χ0n) is 13.4. The van der Waals surface area contributed by atoms with Crippen molar-refractivity contribution in [3.05, 3.63) is 51.2 Å². The number of rotatable bonds is 5. The van der Waals surface area contributed by atoms with E-state index in [2.05, 4.69) is 24.0 Å². The van der Waals surface area contributed by atoms with Crippen LogP contribution in [0.1, 0.15) is 28.9 Å². The molecule has 0 aliphatic heterocycles. The first-order chi connectivity index (χ1) is 11.5. The van der Waals surface area contributed by atoms with Crippen molar-refractivity contribution < 1.29 is 4.79 Å². The molecule has 7 nitrogen and oxygen atoms in total. The maximum absolute atomic E-state index is 12.1. The highest BCUT2D eigenvalue weighted by Gasteiger charge is 2.09. The third kappa shape index (κ3) is 3.65. The average Bonchev–Trinajstić information content (AvgIpc) is 2.99. The fraction of sp³-hybridized carbons (Fsp3) is 0.312. The van der Waals surface area contributed by atoms with E-state index in [1.807, 2.05) is 25.1 Å². The number of aromatic nitrogens is 4. The van der Waals surface area contributed by atoms with Gasteiger partial charge in [0.05, 0.1) is 11.7 Å². The van der Waals surface area contributed by atoms with Gasteiger partial charge >= 0.3 is 5.69 Å². The molecule has 0 atom stereocenters. The molecule has 0 aliphatic carbocycles. The topological polar surface area (TPSA) is 101 Å². The van der Waals surface area contributed by atoms with Crippen molar-refractivity contribution >= 4 is 28.7 Å². The SMILES string of the molecule is Cc1nc(=O)[nH]c(C)c1CCC(=O)NCc1ccc2nsnc2c1. The standard InChI is InChI=1S/C16H17N5O2S/c1-9-12(10(2)19-16(23)18-9)4-6-15(22)17-8-11-3-5-13-14(7-11)21-24-20-13/h3,5,7H,4,6,8H2,1-2H3,(H,17,22)(H,18,19,23). The van der Waals surface area contributed by atoms with E-state index in [0.29, 0.717) is 25.1 Å². The lowest BCUT2D eigenvalue weighted by atomic mass is 10.1. The summed E-state index contributed by atoms with van der Waals surface area (Å²) in [5.41, 5.74) is 4.70. The Morgan fingerprint density at radius 1 is 1.25 bits per heavy atom. The second-order valence-electron chi connectivity index (χ2n) is 5.59. The van der Waals surface area contributed by atoms with Gasteiger partial charge in [0, 0.05) is 24.4 Å². The largest absolute Gasteiger partial charge is 0.352 e. The number of aryl methyl sites for hydroxylation is 2. The second kappa shape index (κ2) is 6.88. The summed E-state index contributed by atoms with van der Waals surface area (Å²) in [4.78, 5) is 29.9. The van der Waals surface area contributed by atoms with Crippen molar-refractivity contribution in [1.29, 1.82) is 0 Å². The van der Waals surface area contributed by atoms with Crippen LogP contribution in [0, 0.1) is 13.8 Å². The van der Waals surface area contributed by atoms with Crippen LogP contribution >= 0.6 is 11.7 Å². The number of aromatic amines is 1. The van der Waals surface area contributed by atoms with Gasteiger partial charge in [0.1, 0.15) is 11.0 Å². The molecule has 1 amide bonds. The van der Waals surface area contributed by atoms with Crippen LogP contribution in [-0.2, 0) is 17.8 Å². The van der Waals surface area contributed by atoms with E-state index in [4.69, 9.17) is 0 Å². The molecule has 2 N–H and O–H groups in total. The molecule has 124 valence electrons. The van der Waals surface area contributed by atoms with Gasteiger partial charge in [-0.2, -0.15) is 13.7 Å². The average molecular weight is 343 g/mol. The Balaban J connectivity index is 1.57. The molecule has 0 unspecified atom stereocenters. The smallest absolute Gasteiger partial charge is 0.345 e. The molecular weight excluding hydrogens is 326 g/mol. The predicted octanol–water partition coefficient (Wildman–Crippen LogP) is 1.64. The molecule has 0 bridgehead atoms. The number of benzene rings is 1. The van der Waals surface area contributed by atoms with Gasteiger partial charge in [-0.15, -0.1) is 0 Å². The Bertz CT molecular complexity index is 921. The summed E-state index contributed by atoms with van der Waals surface area (Å²) >= 11 is 1.18. The summed E-state index contributed by atoms with van der Waals surface area (Å²) in [6, 6.07) is 5.77. The molecule has 3 rings (SSSR count). The van der Waals surface area contributed by atoms with Gasteiger partial charge in [-0.05, 0) is 43.5 Å². The number of nitrogens with one attached hydrogen (secondary N) is 2. The van der Waals surface area contributed by atoms with Crippen LogP contribution in [0.5, 0.6) is 0 Å². The molecule has 2 aromatic heterocycles. The molecule has 0 fully saturated rings. The van der Waals surface area contributed by atoms with Crippen molar-refractivity contribution in [1.82, 2.24) is 24.0 Å². The maximum Gasteiger partial charge on any atom is 0.345 e. The van der Waals surface area contributed by atoms with Crippen LogP contribution in [-0.4, -0.2) is 24.6 Å². The first-order valence-corrected chi connectivity index (χ1v) is 8.30. The number of carbonyl (C=O) groups excluding carboxylic acids is 1. The molecule has 0 aliphatic rings. The number of amides is 1. The van der Waals surface area contributed by atoms with E-state index in [-0.39, 0.29) is 11.6 Å². The van der Waals surface area contributed by atoms with Gasteiger partial charge in [0.2, 0.25) is 5.91 Å². The summed E-state index contributed by atoms with van der Waals surface area (Å²) in [5, 5.41) is 2.90. The minimum Gasteiger partial charge on any atom is -0.352 e. The molecule has 0 saturated heterocycles. The van der Waals surface area contributed by atoms with Crippen molar-refractivity contribution in [3.63, 3.8) is 0 Å². The lowest BCUT2D eigenvalue weighted by molar-refractivity contribution is -0.121.